The van der Waals surface area contributed by atoms with Crippen molar-refractivity contribution in [3.8, 4) is 5.75 Å². The number of guanidine groups is 1. The highest BCUT2D eigenvalue weighted by Crippen LogP contribution is 2.18. The third-order valence-electron chi connectivity index (χ3n) is 4.25. The summed E-state index contributed by atoms with van der Waals surface area (Å²) in [6.45, 7) is 7.26. The molecule has 138 valence electrons. The van der Waals surface area contributed by atoms with Gasteiger partial charge in [0.25, 0.3) is 0 Å². The number of ether oxygens (including phenoxy) is 1. The average Bonchev–Trinajstić information content (AvgIpc) is 2.61. The predicted molar refractivity (Wildman–Crippen MR) is 98.7 cm³/mol. The smallest absolute Gasteiger partial charge is 0.310 e. The molecular formula is C19H29N3O3. The number of likely N-dealkylation sites (tertiary alicyclic amines) is 1. The Balaban J connectivity index is 1.97. The summed E-state index contributed by atoms with van der Waals surface area (Å²) < 4.78 is 5.17. The minimum Gasteiger partial charge on any atom is -0.508 e. The molecule has 2 N–H and O–H groups in total. The number of nitrogens with one attached hydrogen (secondary N) is 1. The molecule has 1 atom stereocenters. The molecule has 1 unspecified atom stereocenters. The van der Waals surface area contributed by atoms with E-state index in [1.165, 1.54) is 0 Å². The molecule has 0 spiro atoms. The number of benzene rings is 1. The summed E-state index contributed by atoms with van der Waals surface area (Å²) in [5.74, 6) is 0.935. The fourth-order valence-corrected chi connectivity index (χ4v) is 3.05. The number of phenolic OH excluding ortho intramolecular Hbond substituents is 1. The van der Waals surface area contributed by atoms with Crippen LogP contribution in [0.4, 0.5) is 0 Å². The van der Waals surface area contributed by atoms with Gasteiger partial charge in [-0.1, -0.05) is 12.1 Å². The van der Waals surface area contributed by atoms with Crippen LogP contribution in [-0.4, -0.2) is 54.7 Å². The standard InChI is InChI=1S/C19H29N3O3/c1-3-20-19(21-11-10-15-7-5-9-17(23)13-15)22-12-6-8-16(14-22)18(24)25-4-2/h5,7,9,13,16,23H,3-4,6,8,10-12,14H2,1-2H3,(H,20,21). The molecule has 25 heavy (non-hydrogen) atoms. The van der Waals surface area contributed by atoms with E-state index in [-0.39, 0.29) is 17.6 Å². The topological polar surface area (TPSA) is 74.2 Å². The van der Waals surface area contributed by atoms with Crippen molar-refractivity contribution in [2.75, 3.05) is 32.8 Å². The summed E-state index contributed by atoms with van der Waals surface area (Å²) in [5.41, 5.74) is 1.06. The summed E-state index contributed by atoms with van der Waals surface area (Å²) in [7, 11) is 0. The highest BCUT2D eigenvalue weighted by molar-refractivity contribution is 5.81. The normalized spacial score (nSPS) is 18.1. The first-order chi connectivity index (χ1) is 12.1. The van der Waals surface area contributed by atoms with E-state index in [9.17, 15) is 9.90 Å². The van der Waals surface area contributed by atoms with Crippen LogP contribution in [0.5, 0.6) is 5.75 Å². The summed E-state index contributed by atoms with van der Waals surface area (Å²) in [6.07, 6.45) is 2.59. The average molecular weight is 347 g/mol. The van der Waals surface area contributed by atoms with Crippen molar-refractivity contribution in [3.05, 3.63) is 29.8 Å². The zero-order valence-electron chi connectivity index (χ0n) is 15.2. The van der Waals surface area contributed by atoms with Gasteiger partial charge >= 0.3 is 5.97 Å². The lowest BCUT2D eigenvalue weighted by atomic mass is 9.98. The number of piperidine rings is 1. The van der Waals surface area contributed by atoms with E-state index in [1.54, 1.807) is 12.1 Å². The van der Waals surface area contributed by atoms with Gasteiger partial charge in [-0.2, -0.15) is 0 Å². The van der Waals surface area contributed by atoms with E-state index in [1.807, 2.05) is 26.0 Å². The lowest BCUT2D eigenvalue weighted by Crippen LogP contribution is -2.48. The molecule has 0 amide bonds. The Morgan fingerprint density at radius 3 is 3.00 bits per heavy atom. The van der Waals surface area contributed by atoms with Gasteiger partial charge in [0.1, 0.15) is 5.75 Å². The molecule has 2 rings (SSSR count). The Kier molecular flexibility index (Phi) is 7.57. The van der Waals surface area contributed by atoms with Gasteiger partial charge in [0, 0.05) is 26.2 Å². The molecule has 0 saturated carbocycles. The summed E-state index contributed by atoms with van der Waals surface area (Å²) >= 11 is 0. The van der Waals surface area contributed by atoms with Crippen molar-refractivity contribution in [1.29, 1.82) is 0 Å². The second-order valence-electron chi connectivity index (χ2n) is 6.19. The first kappa shape index (κ1) is 19.1. The fraction of sp³-hybridized carbons (Fsp3) is 0.579. The first-order valence-corrected chi connectivity index (χ1v) is 9.11. The molecule has 0 aromatic heterocycles. The molecule has 0 radical (unpaired) electrons. The maximum Gasteiger partial charge on any atom is 0.310 e. The number of esters is 1. The van der Waals surface area contributed by atoms with Gasteiger partial charge in [-0.05, 0) is 50.8 Å². The largest absolute Gasteiger partial charge is 0.508 e. The molecule has 1 fully saturated rings. The van der Waals surface area contributed by atoms with Crippen molar-refractivity contribution in [1.82, 2.24) is 10.2 Å². The molecular weight excluding hydrogens is 318 g/mol. The van der Waals surface area contributed by atoms with Crippen LogP contribution in [0.3, 0.4) is 0 Å². The molecule has 1 aliphatic heterocycles. The zero-order valence-corrected chi connectivity index (χ0v) is 15.2. The molecule has 6 nitrogen and oxygen atoms in total. The number of aromatic hydroxyl groups is 1. The van der Waals surface area contributed by atoms with Crippen LogP contribution in [0.2, 0.25) is 0 Å². The number of nitrogens with zero attached hydrogens (tertiary/aromatic N) is 2. The van der Waals surface area contributed by atoms with Crippen LogP contribution in [-0.2, 0) is 16.0 Å². The Morgan fingerprint density at radius 2 is 2.28 bits per heavy atom. The molecule has 1 heterocycles. The fourth-order valence-electron chi connectivity index (χ4n) is 3.05. The molecule has 6 heteroatoms. The third kappa shape index (κ3) is 5.96. The minimum absolute atomic E-state index is 0.0800. The summed E-state index contributed by atoms with van der Waals surface area (Å²) in [4.78, 5) is 18.9. The van der Waals surface area contributed by atoms with E-state index >= 15 is 0 Å². The van der Waals surface area contributed by atoms with Crippen LogP contribution < -0.4 is 5.32 Å². The van der Waals surface area contributed by atoms with Gasteiger partial charge in [0.15, 0.2) is 5.96 Å². The van der Waals surface area contributed by atoms with E-state index in [0.717, 1.165) is 43.9 Å². The van der Waals surface area contributed by atoms with Crippen LogP contribution in [0.1, 0.15) is 32.3 Å². The van der Waals surface area contributed by atoms with E-state index < -0.39 is 0 Å². The number of phenols is 1. The van der Waals surface area contributed by atoms with Crippen LogP contribution >= 0.6 is 0 Å². The molecule has 1 aliphatic rings. The number of hydrogen-bond donors (Lipinski definition) is 2. The number of hydrogen-bond acceptors (Lipinski definition) is 4. The highest BCUT2D eigenvalue weighted by Gasteiger charge is 2.28. The van der Waals surface area contributed by atoms with Crippen molar-refractivity contribution >= 4 is 11.9 Å². The molecule has 1 aromatic rings. The number of rotatable bonds is 6. The lowest BCUT2D eigenvalue weighted by molar-refractivity contribution is -0.149. The van der Waals surface area contributed by atoms with Crippen molar-refractivity contribution in [2.45, 2.75) is 33.1 Å². The second kappa shape index (κ2) is 9.91. The Bertz CT molecular complexity index is 589. The third-order valence-corrected chi connectivity index (χ3v) is 4.25. The van der Waals surface area contributed by atoms with Crippen molar-refractivity contribution < 1.29 is 14.6 Å². The van der Waals surface area contributed by atoms with Gasteiger partial charge < -0.3 is 20.1 Å². The minimum atomic E-state index is -0.109. The Morgan fingerprint density at radius 1 is 1.44 bits per heavy atom. The monoisotopic (exact) mass is 347 g/mol. The Hall–Kier alpha value is -2.24. The molecule has 0 bridgehead atoms. The van der Waals surface area contributed by atoms with E-state index in [2.05, 4.69) is 10.2 Å². The van der Waals surface area contributed by atoms with Crippen LogP contribution in [0.25, 0.3) is 0 Å². The maximum atomic E-state index is 12.0. The van der Waals surface area contributed by atoms with Gasteiger partial charge in [-0.3, -0.25) is 9.79 Å². The van der Waals surface area contributed by atoms with Crippen LogP contribution in [0, 0.1) is 5.92 Å². The first-order valence-electron chi connectivity index (χ1n) is 9.11. The van der Waals surface area contributed by atoms with Crippen molar-refractivity contribution in [2.24, 2.45) is 10.9 Å². The maximum absolute atomic E-state index is 12.0. The highest BCUT2D eigenvalue weighted by atomic mass is 16.5. The number of aliphatic imine (C=N–C) groups is 1. The zero-order chi connectivity index (χ0) is 18.1. The molecule has 0 aliphatic carbocycles. The summed E-state index contributed by atoms with van der Waals surface area (Å²) in [6, 6.07) is 7.26. The SMILES string of the molecule is CCNC(=NCCc1cccc(O)c1)N1CCCC(C(=O)OCC)C1. The quantitative estimate of drug-likeness (QED) is 0.469. The Labute approximate surface area is 149 Å². The van der Waals surface area contributed by atoms with Crippen molar-refractivity contribution in [3.63, 3.8) is 0 Å². The number of carbonyl (C=O) groups excluding carboxylic acids is 1. The second-order valence-corrected chi connectivity index (χ2v) is 6.19. The van der Waals surface area contributed by atoms with Gasteiger partial charge in [0.2, 0.25) is 0 Å². The molecule has 1 saturated heterocycles. The number of carbonyl (C=O) groups is 1. The van der Waals surface area contributed by atoms with E-state index in [4.69, 9.17) is 9.73 Å². The molecule has 1 aromatic carbocycles. The lowest BCUT2D eigenvalue weighted by Gasteiger charge is -2.34. The van der Waals surface area contributed by atoms with Gasteiger partial charge in [-0.25, -0.2) is 0 Å². The van der Waals surface area contributed by atoms with Crippen LogP contribution in [0.15, 0.2) is 29.3 Å². The van der Waals surface area contributed by atoms with Gasteiger partial charge in [-0.15, -0.1) is 0 Å². The van der Waals surface area contributed by atoms with Gasteiger partial charge in [0.05, 0.1) is 12.5 Å². The summed E-state index contributed by atoms with van der Waals surface area (Å²) in [5, 5.41) is 12.9. The van der Waals surface area contributed by atoms with E-state index in [0.29, 0.717) is 19.7 Å². The predicted octanol–water partition coefficient (Wildman–Crippen LogP) is 2.18.